The van der Waals surface area contributed by atoms with E-state index in [0.717, 1.165) is 22.9 Å². The number of aromatic nitrogens is 4. The third-order valence-corrected chi connectivity index (χ3v) is 5.15. The van der Waals surface area contributed by atoms with Crippen molar-refractivity contribution in [2.24, 2.45) is 0 Å². The fourth-order valence-electron chi connectivity index (χ4n) is 3.32. The molecule has 0 aliphatic carbocycles. The van der Waals surface area contributed by atoms with Crippen molar-refractivity contribution in [3.8, 4) is 17.4 Å². The smallest absolute Gasteiger partial charge is 0.256 e. The molecule has 148 valence electrons. The molecule has 29 heavy (non-hydrogen) atoms. The maximum atomic E-state index is 13.3. The van der Waals surface area contributed by atoms with Gasteiger partial charge >= 0.3 is 0 Å². The molecule has 4 rings (SSSR count). The van der Waals surface area contributed by atoms with E-state index in [2.05, 4.69) is 35.9 Å². The Balaban J connectivity index is 1.55. The van der Waals surface area contributed by atoms with E-state index in [-0.39, 0.29) is 12.0 Å². The van der Waals surface area contributed by atoms with E-state index in [1.165, 1.54) is 0 Å². The molecule has 1 atom stereocenters. The quantitative estimate of drug-likeness (QED) is 0.598. The molecule has 8 heteroatoms. The molecule has 1 saturated heterocycles. The molecule has 7 nitrogen and oxygen atoms in total. The minimum atomic E-state index is -0.101. The summed E-state index contributed by atoms with van der Waals surface area (Å²) < 4.78 is 6.90. The van der Waals surface area contributed by atoms with Gasteiger partial charge in [0.25, 0.3) is 5.91 Å². The number of carbonyl (C=O) groups excluding carboxylic acids is 1. The van der Waals surface area contributed by atoms with Crippen LogP contribution in [0.15, 0.2) is 53.5 Å². The standard InChI is InChI=1S/C21H20BrN5O2/c1-14-10-17(19(26-11-14)20-23-7-3-8-24-20)21(28)27-9-2-4-16(13-27)29-18-6-5-15(22)12-25-18/h3,5-8,10-12,16H,2,4,9,13H2,1H3/t16-/m1/s1. The van der Waals surface area contributed by atoms with E-state index in [9.17, 15) is 4.79 Å². The number of rotatable bonds is 4. The Labute approximate surface area is 177 Å². The molecule has 0 spiro atoms. The van der Waals surface area contributed by atoms with Crippen molar-refractivity contribution in [2.75, 3.05) is 13.1 Å². The molecular weight excluding hydrogens is 434 g/mol. The first kappa shape index (κ1) is 19.4. The fourth-order valence-corrected chi connectivity index (χ4v) is 3.56. The van der Waals surface area contributed by atoms with Gasteiger partial charge in [0, 0.05) is 41.9 Å². The molecule has 1 fully saturated rings. The van der Waals surface area contributed by atoms with Gasteiger partial charge in [0.05, 0.1) is 12.1 Å². The van der Waals surface area contributed by atoms with Crippen LogP contribution in [-0.4, -0.2) is 49.9 Å². The van der Waals surface area contributed by atoms with Gasteiger partial charge in [0.15, 0.2) is 5.82 Å². The van der Waals surface area contributed by atoms with Crippen molar-refractivity contribution in [3.05, 3.63) is 64.7 Å². The van der Waals surface area contributed by atoms with Crippen molar-refractivity contribution < 1.29 is 9.53 Å². The second kappa shape index (κ2) is 8.65. The highest BCUT2D eigenvalue weighted by Crippen LogP contribution is 2.23. The van der Waals surface area contributed by atoms with E-state index in [1.807, 2.05) is 30.0 Å². The minimum Gasteiger partial charge on any atom is -0.472 e. The van der Waals surface area contributed by atoms with Gasteiger partial charge in [-0.3, -0.25) is 9.78 Å². The number of aryl methyl sites for hydroxylation is 1. The number of piperidine rings is 1. The summed E-state index contributed by atoms with van der Waals surface area (Å²) in [5, 5.41) is 0. The van der Waals surface area contributed by atoms with E-state index >= 15 is 0 Å². The van der Waals surface area contributed by atoms with Gasteiger partial charge in [-0.1, -0.05) is 0 Å². The van der Waals surface area contributed by atoms with Crippen LogP contribution in [0.25, 0.3) is 11.5 Å². The lowest BCUT2D eigenvalue weighted by Gasteiger charge is -2.33. The highest BCUT2D eigenvalue weighted by atomic mass is 79.9. The summed E-state index contributed by atoms with van der Waals surface area (Å²) in [6, 6.07) is 7.29. The third-order valence-electron chi connectivity index (χ3n) is 4.69. The molecule has 4 heterocycles. The van der Waals surface area contributed by atoms with Gasteiger partial charge in [-0.2, -0.15) is 0 Å². The maximum absolute atomic E-state index is 13.3. The number of nitrogens with zero attached hydrogens (tertiary/aromatic N) is 5. The zero-order chi connectivity index (χ0) is 20.2. The van der Waals surface area contributed by atoms with Crippen LogP contribution >= 0.6 is 15.9 Å². The highest BCUT2D eigenvalue weighted by Gasteiger charge is 2.28. The highest BCUT2D eigenvalue weighted by molar-refractivity contribution is 9.10. The first-order chi connectivity index (χ1) is 14.1. The second-order valence-corrected chi connectivity index (χ2v) is 7.84. The van der Waals surface area contributed by atoms with Crippen LogP contribution < -0.4 is 4.74 Å². The molecule has 0 saturated carbocycles. The Morgan fingerprint density at radius 1 is 1.17 bits per heavy atom. The minimum absolute atomic E-state index is 0.0827. The first-order valence-electron chi connectivity index (χ1n) is 9.41. The van der Waals surface area contributed by atoms with E-state index in [4.69, 9.17) is 4.74 Å². The van der Waals surface area contributed by atoms with Gasteiger partial charge in [0.1, 0.15) is 11.8 Å². The van der Waals surface area contributed by atoms with E-state index < -0.39 is 0 Å². The Kier molecular flexibility index (Phi) is 5.80. The molecule has 3 aromatic rings. The molecule has 1 aliphatic rings. The summed E-state index contributed by atoms with van der Waals surface area (Å²) >= 11 is 3.37. The normalized spacial score (nSPS) is 16.5. The number of pyridine rings is 2. The lowest BCUT2D eigenvalue weighted by Crippen LogP contribution is -2.44. The fraction of sp³-hybridized carbons (Fsp3) is 0.286. The number of hydrogen-bond donors (Lipinski definition) is 0. The molecule has 1 amide bonds. The van der Waals surface area contributed by atoms with Gasteiger partial charge in [0.2, 0.25) is 5.88 Å². The van der Waals surface area contributed by atoms with Crippen LogP contribution in [0, 0.1) is 6.92 Å². The van der Waals surface area contributed by atoms with Gasteiger partial charge in [-0.15, -0.1) is 0 Å². The number of likely N-dealkylation sites (tertiary alicyclic amines) is 1. The van der Waals surface area contributed by atoms with Crippen molar-refractivity contribution in [1.82, 2.24) is 24.8 Å². The summed E-state index contributed by atoms with van der Waals surface area (Å²) in [5.74, 6) is 0.920. The lowest BCUT2D eigenvalue weighted by molar-refractivity contribution is 0.0528. The van der Waals surface area contributed by atoms with Crippen molar-refractivity contribution in [1.29, 1.82) is 0 Å². The number of amides is 1. The number of ether oxygens (including phenoxy) is 1. The van der Waals surface area contributed by atoms with Crippen LogP contribution in [0.2, 0.25) is 0 Å². The number of halogens is 1. The molecule has 0 bridgehead atoms. The predicted octanol–water partition coefficient (Wildman–Crippen LogP) is 3.69. The molecular formula is C21H20BrN5O2. The molecule has 0 unspecified atom stereocenters. The average Bonchev–Trinajstić information content (AvgIpc) is 2.75. The van der Waals surface area contributed by atoms with Crippen molar-refractivity contribution in [2.45, 2.75) is 25.9 Å². The van der Waals surface area contributed by atoms with Crippen LogP contribution in [-0.2, 0) is 0 Å². The van der Waals surface area contributed by atoms with E-state index in [1.54, 1.807) is 30.9 Å². The maximum Gasteiger partial charge on any atom is 0.256 e. The van der Waals surface area contributed by atoms with Gasteiger partial charge in [-0.05, 0) is 59.5 Å². The summed E-state index contributed by atoms with van der Waals surface area (Å²) in [6.45, 7) is 3.09. The average molecular weight is 454 g/mol. The Morgan fingerprint density at radius 3 is 2.76 bits per heavy atom. The number of carbonyl (C=O) groups is 1. The monoisotopic (exact) mass is 453 g/mol. The van der Waals surface area contributed by atoms with Crippen LogP contribution in [0.1, 0.15) is 28.8 Å². The Morgan fingerprint density at radius 2 is 2.00 bits per heavy atom. The zero-order valence-electron chi connectivity index (χ0n) is 16.0. The number of hydrogen-bond acceptors (Lipinski definition) is 6. The first-order valence-corrected chi connectivity index (χ1v) is 10.2. The van der Waals surface area contributed by atoms with Crippen LogP contribution in [0.5, 0.6) is 5.88 Å². The lowest BCUT2D eigenvalue weighted by atomic mass is 10.0. The molecule has 0 radical (unpaired) electrons. The van der Waals surface area contributed by atoms with E-state index in [0.29, 0.717) is 36.1 Å². The van der Waals surface area contributed by atoms with Gasteiger partial charge < -0.3 is 9.64 Å². The van der Waals surface area contributed by atoms with Crippen LogP contribution in [0.3, 0.4) is 0 Å². The summed E-state index contributed by atoms with van der Waals surface area (Å²) in [5.41, 5.74) is 1.93. The Bertz CT molecular complexity index is 998. The molecule has 0 N–H and O–H groups in total. The van der Waals surface area contributed by atoms with Crippen molar-refractivity contribution in [3.63, 3.8) is 0 Å². The topological polar surface area (TPSA) is 81.1 Å². The summed E-state index contributed by atoms with van der Waals surface area (Å²) in [4.78, 5) is 32.4. The summed E-state index contributed by atoms with van der Waals surface area (Å²) in [6.07, 6.45) is 8.36. The molecule has 0 aromatic carbocycles. The second-order valence-electron chi connectivity index (χ2n) is 6.93. The molecule has 1 aliphatic heterocycles. The molecule has 3 aromatic heterocycles. The Hall–Kier alpha value is -2.87. The third kappa shape index (κ3) is 4.59. The van der Waals surface area contributed by atoms with Gasteiger partial charge in [-0.25, -0.2) is 15.0 Å². The summed E-state index contributed by atoms with van der Waals surface area (Å²) in [7, 11) is 0. The zero-order valence-corrected chi connectivity index (χ0v) is 17.5. The van der Waals surface area contributed by atoms with Crippen LogP contribution in [0.4, 0.5) is 0 Å². The largest absolute Gasteiger partial charge is 0.472 e. The van der Waals surface area contributed by atoms with Crippen molar-refractivity contribution >= 4 is 21.8 Å². The SMILES string of the molecule is Cc1cnc(-c2ncccn2)c(C(=O)N2CCC[C@@H](Oc3ccc(Br)cn3)C2)c1. The predicted molar refractivity (Wildman–Crippen MR) is 111 cm³/mol.